The number of carbonyl (C=O) groups excluding carboxylic acids is 1. The van der Waals surface area contributed by atoms with E-state index < -0.39 is 0 Å². The number of ether oxygens (including phenoxy) is 1. The summed E-state index contributed by atoms with van der Waals surface area (Å²) in [4.78, 5) is 18.7. The largest absolute Gasteiger partial charge is 0.370 e. The first kappa shape index (κ1) is 18.3. The molecule has 0 saturated carbocycles. The molecule has 0 unspecified atom stereocenters. The lowest BCUT2D eigenvalue weighted by Gasteiger charge is -2.34. The first-order valence-electron chi connectivity index (χ1n) is 9.51. The van der Waals surface area contributed by atoms with E-state index in [4.69, 9.17) is 4.74 Å². The van der Waals surface area contributed by atoms with E-state index in [0.717, 1.165) is 16.8 Å². The van der Waals surface area contributed by atoms with Gasteiger partial charge in [0.1, 0.15) is 6.10 Å². The fraction of sp³-hybridized carbons (Fsp3) is 0.273. The molecule has 2 amide bonds. The van der Waals surface area contributed by atoms with Crippen molar-refractivity contribution in [2.24, 2.45) is 0 Å². The van der Waals surface area contributed by atoms with Gasteiger partial charge in [-0.1, -0.05) is 42.5 Å². The van der Waals surface area contributed by atoms with E-state index in [-0.39, 0.29) is 18.2 Å². The van der Waals surface area contributed by atoms with Crippen molar-refractivity contribution in [1.29, 1.82) is 0 Å². The SMILES string of the molecule is C[C@H](NC(=O)N1CCO[C@H](c2ccccc2)C1)c1ccc(-n2ccnc2)cc1. The molecule has 6 nitrogen and oxygen atoms in total. The Bertz CT molecular complexity index is 894. The van der Waals surface area contributed by atoms with Gasteiger partial charge in [-0.2, -0.15) is 0 Å². The highest BCUT2D eigenvalue weighted by Crippen LogP contribution is 2.22. The van der Waals surface area contributed by atoms with Crippen LogP contribution in [0.25, 0.3) is 5.69 Å². The van der Waals surface area contributed by atoms with Gasteiger partial charge in [0, 0.05) is 24.6 Å². The van der Waals surface area contributed by atoms with Gasteiger partial charge < -0.3 is 19.5 Å². The zero-order valence-electron chi connectivity index (χ0n) is 15.9. The fourth-order valence-electron chi connectivity index (χ4n) is 3.41. The minimum atomic E-state index is -0.0812. The molecule has 1 fully saturated rings. The topological polar surface area (TPSA) is 59.4 Å². The van der Waals surface area contributed by atoms with Gasteiger partial charge in [-0.25, -0.2) is 9.78 Å². The van der Waals surface area contributed by atoms with Crippen LogP contribution in [0, 0.1) is 0 Å². The van der Waals surface area contributed by atoms with Crippen molar-refractivity contribution in [2.45, 2.75) is 19.1 Å². The number of carbonyl (C=O) groups is 1. The zero-order valence-corrected chi connectivity index (χ0v) is 15.9. The third-order valence-corrected chi connectivity index (χ3v) is 5.06. The zero-order chi connectivity index (χ0) is 19.3. The number of aromatic nitrogens is 2. The normalized spacial score (nSPS) is 17.9. The van der Waals surface area contributed by atoms with Gasteiger partial charge in [0.25, 0.3) is 0 Å². The average Bonchev–Trinajstić information content (AvgIpc) is 3.29. The molecule has 2 aromatic carbocycles. The van der Waals surface area contributed by atoms with E-state index in [0.29, 0.717) is 19.7 Å². The summed E-state index contributed by atoms with van der Waals surface area (Å²) in [5, 5.41) is 3.10. The second-order valence-electron chi connectivity index (χ2n) is 6.95. The average molecular weight is 376 g/mol. The number of nitrogens with one attached hydrogen (secondary N) is 1. The number of benzene rings is 2. The summed E-state index contributed by atoms with van der Waals surface area (Å²) in [5.74, 6) is 0. The maximum atomic E-state index is 12.8. The summed E-state index contributed by atoms with van der Waals surface area (Å²) in [6.07, 6.45) is 5.34. The predicted molar refractivity (Wildman–Crippen MR) is 107 cm³/mol. The molecule has 1 saturated heterocycles. The summed E-state index contributed by atoms with van der Waals surface area (Å²) in [6, 6.07) is 18.0. The maximum Gasteiger partial charge on any atom is 0.318 e. The van der Waals surface area contributed by atoms with Crippen LogP contribution in [0.2, 0.25) is 0 Å². The van der Waals surface area contributed by atoms with Gasteiger partial charge in [0.05, 0.1) is 25.5 Å². The number of amides is 2. The second-order valence-corrected chi connectivity index (χ2v) is 6.95. The molecule has 0 aliphatic carbocycles. The molecule has 4 rings (SSSR count). The Morgan fingerprint density at radius 2 is 1.96 bits per heavy atom. The van der Waals surface area contributed by atoms with Crippen LogP contribution in [0.15, 0.2) is 73.3 Å². The van der Waals surface area contributed by atoms with Crippen LogP contribution in [0.5, 0.6) is 0 Å². The first-order chi connectivity index (χ1) is 13.7. The third-order valence-electron chi connectivity index (χ3n) is 5.06. The Morgan fingerprint density at radius 1 is 1.18 bits per heavy atom. The van der Waals surface area contributed by atoms with Crippen molar-refractivity contribution in [2.75, 3.05) is 19.7 Å². The first-order valence-corrected chi connectivity index (χ1v) is 9.51. The van der Waals surface area contributed by atoms with E-state index in [1.165, 1.54) is 0 Å². The molecular weight excluding hydrogens is 352 g/mol. The number of imidazole rings is 1. The minimum absolute atomic E-state index is 0.0598. The quantitative estimate of drug-likeness (QED) is 0.755. The van der Waals surface area contributed by atoms with Crippen LogP contribution < -0.4 is 5.32 Å². The second kappa shape index (κ2) is 8.27. The molecule has 1 aromatic heterocycles. The molecule has 1 N–H and O–H groups in total. The molecule has 3 aromatic rings. The number of hydrogen-bond acceptors (Lipinski definition) is 3. The van der Waals surface area contributed by atoms with Gasteiger partial charge >= 0.3 is 6.03 Å². The van der Waals surface area contributed by atoms with Crippen LogP contribution in [0.1, 0.15) is 30.2 Å². The number of morpholine rings is 1. The van der Waals surface area contributed by atoms with Crippen LogP contribution >= 0.6 is 0 Å². The lowest BCUT2D eigenvalue weighted by Crippen LogP contribution is -2.47. The Hall–Kier alpha value is -3.12. The van der Waals surface area contributed by atoms with Crippen molar-refractivity contribution in [1.82, 2.24) is 19.8 Å². The molecule has 28 heavy (non-hydrogen) atoms. The molecule has 0 spiro atoms. The van der Waals surface area contributed by atoms with Gasteiger partial charge in [0.2, 0.25) is 0 Å². The highest BCUT2D eigenvalue weighted by Gasteiger charge is 2.26. The van der Waals surface area contributed by atoms with Crippen molar-refractivity contribution in [3.8, 4) is 5.69 Å². The summed E-state index contributed by atoms with van der Waals surface area (Å²) in [5.41, 5.74) is 3.20. The number of rotatable bonds is 4. The molecule has 2 heterocycles. The van der Waals surface area contributed by atoms with Crippen molar-refractivity contribution in [3.05, 3.63) is 84.4 Å². The minimum Gasteiger partial charge on any atom is -0.370 e. The van der Waals surface area contributed by atoms with Crippen molar-refractivity contribution < 1.29 is 9.53 Å². The molecule has 0 radical (unpaired) electrons. The molecular formula is C22H24N4O2. The standard InChI is InChI=1S/C22H24N4O2/c1-17(18-7-9-20(10-8-18)26-12-11-23-16-26)24-22(27)25-13-14-28-21(15-25)19-5-3-2-4-6-19/h2-12,16-17,21H,13-15H2,1H3,(H,24,27)/t17-,21-/m0/s1. The van der Waals surface area contributed by atoms with E-state index in [9.17, 15) is 4.79 Å². The molecule has 0 bridgehead atoms. The van der Waals surface area contributed by atoms with E-state index in [1.54, 1.807) is 12.5 Å². The predicted octanol–water partition coefficient (Wildman–Crippen LogP) is 3.72. The number of urea groups is 1. The Kier molecular flexibility index (Phi) is 5.39. The summed E-state index contributed by atoms with van der Waals surface area (Å²) in [7, 11) is 0. The van der Waals surface area contributed by atoms with Crippen LogP contribution in [0.3, 0.4) is 0 Å². The van der Waals surface area contributed by atoms with Crippen molar-refractivity contribution in [3.63, 3.8) is 0 Å². The Balaban J connectivity index is 1.37. The Morgan fingerprint density at radius 3 is 2.68 bits per heavy atom. The molecule has 1 aliphatic heterocycles. The molecule has 1 aliphatic rings. The van der Waals surface area contributed by atoms with Gasteiger partial charge in [-0.3, -0.25) is 0 Å². The van der Waals surface area contributed by atoms with Crippen molar-refractivity contribution >= 4 is 6.03 Å². The lowest BCUT2D eigenvalue weighted by atomic mass is 10.1. The highest BCUT2D eigenvalue weighted by molar-refractivity contribution is 5.75. The summed E-state index contributed by atoms with van der Waals surface area (Å²) >= 11 is 0. The number of hydrogen-bond donors (Lipinski definition) is 1. The van der Waals surface area contributed by atoms with Crippen LogP contribution in [-0.2, 0) is 4.74 Å². The Labute approximate surface area is 164 Å². The summed E-state index contributed by atoms with van der Waals surface area (Å²) < 4.78 is 7.80. The smallest absolute Gasteiger partial charge is 0.318 e. The van der Waals surface area contributed by atoms with Gasteiger partial charge in [0.15, 0.2) is 0 Å². The monoisotopic (exact) mass is 376 g/mol. The summed E-state index contributed by atoms with van der Waals surface area (Å²) in [6.45, 7) is 3.70. The van der Waals surface area contributed by atoms with E-state index in [2.05, 4.69) is 10.3 Å². The van der Waals surface area contributed by atoms with E-state index in [1.807, 2.05) is 77.2 Å². The van der Waals surface area contributed by atoms with Crippen LogP contribution in [-0.4, -0.2) is 40.2 Å². The van der Waals surface area contributed by atoms with E-state index >= 15 is 0 Å². The maximum absolute atomic E-state index is 12.8. The number of nitrogens with zero attached hydrogens (tertiary/aromatic N) is 3. The molecule has 2 atom stereocenters. The highest BCUT2D eigenvalue weighted by atomic mass is 16.5. The lowest BCUT2D eigenvalue weighted by molar-refractivity contribution is -0.0157. The van der Waals surface area contributed by atoms with Gasteiger partial charge in [-0.15, -0.1) is 0 Å². The molecule has 144 valence electrons. The third kappa shape index (κ3) is 4.07. The van der Waals surface area contributed by atoms with Crippen LogP contribution in [0.4, 0.5) is 4.79 Å². The molecule has 6 heteroatoms. The fourth-order valence-corrected chi connectivity index (χ4v) is 3.41. The van der Waals surface area contributed by atoms with Gasteiger partial charge in [-0.05, 0) is 30.2 Å².